The first-order chi connectivity index (χ1) is 9.88. The van der Waals surface area contributed by atoms with Crippen LogP contribution in [0.1, 0.15) is 37.1 Å². The van der Waals surface area contributed by atoms with E-state index < -0.39 is 11.6 Å². The van der Waals surface area contributed by atoms with Gasteiger partial charge in [-0.05, 0) is 49.7 Å². The van der Waals surface area contributed by atoms with E-state index in [9.17, 15) is 8.78 Å². The van der Waals surface area contributed by atoms with Crippen molar-refractivity contribution in [3.05, 3.63) is 68.7 Å². The Morgan fingerprint density at radius 3 is 2.33 bits per heavy atom. The van der Waals surface area contributed by atoms with Gasteiger partial charge in [0.25, 0.3) is 0 Å². The van der Waals surface area contributed by atoms with Gasteiger partial charge < -0.3 is 5.32 Å². The fourth-order valence-electron chi connectivity index (χ4n) is 2.25. The van der Waals surface area contributed by atoms with Gasteiger partial charge in [-0.25, -0.2) is 8.78 Å². The maximum atomic E-state index is 13.8. The molecule has 0 amide bonds. The van der Waals surface area contributed by atoms with Crippen molar-refractivity contribution in [2.75, 3.05) is 0 Å². The van der Waals surface area contributed by atoms with Gasteiger partial charge in [-0.2, -0.15) is 0 Å². The molecule has 2 aromatic carbocycles. The Hall–Kier alpha value is -0.970. The van der Waals surface area contributed by atoms with Crippen LogP contribution in [0.4, 0.5) is 8.78 Å². The maximum absolute atomic E-state index is 13.8. The molecular weight excluding hydrogens is 360 g/mol. The predicted octanol–water partition coefficient (Wildman–Crippen LogP) is 5.79. The van der Waals surface area contributed by atoms with E-state index in [0.29, 0.717) is 10.6 Å². The van der Waals surface area contributed by atoms with Crippen molar-refractivity contribution in [2.45, 2.75) is 25.9 Å². The Morgan fingerprint density at radius 1 is 1.00 bits per heavy atom. The van der Waals surface area contributed by atoms with Crippen LogP contribution < -0.4 is 5.32 Å². The van der Waals surface area contributed by atoms with Gasteiger partial charge in [0.05, 0.1) is 0 Å². The highest BCUT2D eigenvalue weighted by atomic mass is 79.9. The lowest BCUT2D eigenvalue weighted by Gasteiger charge is -2.22. The van der Waals surface area contributed by atoms with E-state index in [-0.39, 0.29) is 12.1 Å². The van der Waals surface area contributed by atoms with Crippen LogP contribution in [-0.4, -0.2) is 0 Å². The highest BCUT2D eigenvalue weighted by Crippen LogP contribution is 2.28. The first-order valence-corrected chi connectivity index (χ1v) is 7.71. The van der Waals surface area contributed by atoms with Crippen LogP contribution in [0.3, 0.4) is 0 Å². The Labute approximate surface area is 136 Å². The zero-order chi connectivity index (χ0) is 15.6. The quantitative estimate of drug-likeness (QED) is 0.714. The topological polar surface area (TPSA) is 12.0 Å². The van der Waals surface area contributed by atoms with Crippen LogP contribution >= 0.6 is 27.5 Å². The molecular formula is C16H15BrClF2N. The lowest BCUT2D eigenvalue weighted by Crippen LogP contribution is -2.23. The average molecular weight is 375 g/mol. The summed E-state index contributed by atoms with van der Waals surface area (Å²) in [6.07, 6.45) is 0. The third-order valence-corrected chi connectivity index (χ3v) is 4.17. The molecule has 0 saturated heterocycles. The summed E-state index contributed by atoms with van der Waals surface area (Å²) in [6, 6.07) is 8.64. The van der Waals surface area contributed by atoms with Crippen molar-refractivity contribution in [1.82, 2.24) is 5.32 Å². The van der Waals surface area contributed by atoms with E-state index >= 15 is 0 Å². The van der Waals surface area contributed by atoms with Crippen molar-refractivity contribution < 1.29 is 8.78 Å². The molecule has 0 aromatic heterocycles. The van der Waals surface area contributed by atoms with Crippen LogP contribution in [0.5, 0.6) is 0 Å². The minimum atomic E-state index is -0.450. The normalized spacial score (nSPS) is 14.0. The van der Waals surface area contributed by atoms with Crippen molar-refractivity contribution in [3.8, 4) is 0 Å². The predicted molar refractivity (Wildman–Crippen MR) is 85.5 cm³/mol. The summed E-state index contributed by atoms with van der Waals surface area (Å²) in [7, 11) is 0. The summed E-state index contributed by atoms with van der Waals surface area (Å²) in [5, 5.41) is 3.86. The summed E-state index contributed by atoms with van der Waals surface area (Å²) >= 11 is 9.56. The molecule has 112 valence electrons. The van der Waals surface area contributed by atoms with Gasteiger partial charge in [0.15, 0.2) is 0 Å². The van der Waals surface area contributed by atoms with Crippen LogP contribution in [0.15, 0.2) is 40.9 Å². The monoisotopic (exact) mass is 373 g/mol. The second-order valence-electron chi connectivity index (χ2n) is 4.94. The number of nitrogens with one attached hydrogen (secondary N) is 1. The Balaban J connectivity index is 2.18. The average Bonchev–Trinajstić information content (AvgIpc) is 2.41. The summed E-state index contributed by atoms with van der Waals surface area (Å²) in [5.41, 5.74) is 1.21. The minimum absolute atomic E-state index is 0.0942. The highest BCUT2D eigenvalue weighted by Gasteiger charge is 2.17. The van der Waals surface area contributed by atoms with Crippen LogP contribution in [0, 0.1) is 11.6 Å². The molecule has 2 rings (SSSR count). The largest absolute Gasteiger partial charge is 0.303 e. The molecule has 0 spiro atoms. The smallest absolute Gasteiger partial charge is 0.128 e. The standard InChI is InChI=1S/C16H15BrClF2N/c1-9(13-5-3-11(17)7-15(13)18)21-10(2)14-8-12(19)4-6-16(14)20/h3-10,21H,1-2H3. The lowest BCUT2D eigenvalue weighted by atomic mass is 10.0. The molecule has 2 atom stereocenters. The lowest BCUT2D eigenvalue weighted by molar-refractivity contribution is 0.470. The second kappa shape index (κ2) is 6.86. The van der Waals surface area contributed by atoms with E-state index in [0.717, 1.165) is 22.2 Å². The fourth-order valence-corrected chi connectivity index (χ4v) is 3.09. The molecule has 0 aliphatic heterocycles. The first-order valence-electron chi connectivity index (χ1n) is 6.54. The third kappa shape index (κ3) is 4.02. The molecule has 1 nitrogen and oxygen atoms in total. The molecule has 0 bridgehead atoms. The molecule has 0 aliphatic rings. The van der Waals surface area contributed by atoms with Gasteiger partial charge >= 0.3 is 0 Å². The molecule has 0 heterocycles. The van der Waals surface area contributed by atoms with Crippen LogP contribution in [-0.2, 0) is 0 Å². The minimum Gasteiger partial charge on any atom is -0.303 e. The maximum Gasteiger partial charge on any atom is 0.128 e. The zero-order valence-corrected chi connectivity index (χ0v) is 14.0. The third-order valence-electron chi connectivity index (χ3n) is 3.35. The van der Waals surface area contributed by atoms with E-state index in [4.69, 9.17) is 11.6 Å². The molecule has 21 heavy (non-hydrogen) atoms. The molecule has 1 N–H and O–H groups in total. The van der Waals surface area contributed by atoms with Crippen molar-refractivity contribution in [2.24, 2.45) is 0 Å². The SMILES string of the molecule is CC(NC(C)c1ccc(Br)cc1Cl)c1cc(F)ccc1F. The van der Waals surface area contributed by atoms with Gasteiger partial charge in [-0.1, -0.05) is 33.6 Å². The fraction of sp³-hybridized carbons (Fsp3) is 0.250. The number of rotatable bonds is 4. The summed E-state index contributed by atoms with van der Waals surface area (Å²) in [6.45, 7) is 3.73. The second-order valence-corrected chi connectivity index (χ2v) is 6.26. The van der Waals surface area contributed by atoms with Crippen molar-refractivity contribution >= 4 is 27.5 Å². The van der Waals surface area contributed by atoms with Gasteiger partial charge in [-0.15, -0.1) is 0 Å². The number of hydrogen-bond acceptors (Lipinski definition) is 1. The van der Waals surface area contributed by atoms with Gasteiger partial charge in [0.1, 0.15) is 11.6 Å². The molecule has 2 unspecified atom stereocenters. The van der Waals surface area contributed by atoms with Crippen LogP contribution in [0.2, 0.25) is 5.02 Å². The van der Waals surface area contributed by atoms with Crippen molar-refractivity contribution in [3.63, 3.8) is 0 Å². The molecule has 0 fully saturated rings. The number of halogens is 4. The van der Waals surface area contributed by atoms with E-state index in [2.05, 4.69) is 21.2 Å². The summed E-state index contributed by atoms with van der Waals surface area (Å²) < 4.78 is 27.9. The summed E-state index contributed by atoms with van der Waals surface area (Å²) in [5.74, 6) is -0.875. The Bertz CT molecular complexity index is 648. The van der Waals surface area contributed by atoms with Crippen LogP contribution in [0.25, 0.3) is 0 Å². The van der Waals surface area contributed by atoms with Crippen molar-refractivity contribution in [1.29, 1.82) is 0 Å². The van der Waals surface area contributed by atoms with E-state index in [1.807, 2.05) is 25.1 Å². The van der Waals surface area contributed by atoms with E-state index in [1.165, 1.54) is 6.07 Å². The van der Waals surface area contributed by atoms with Gasteiger partial charge in [0, 0.05) is 27.1 Å². The molecule has 2 aromatic rings. The molecule has 0 aliphatic carbocycles. The number of benzene rings is 2. The molecule has 0 saturated carbocycles. The van der Waals surface area contributed by atoms with Gasteiger partial charge in [0.2, 0.25) is 0 Å². The highest BCUT2D eigenvalue weighted by molar-refractivity contribution is 9.10. The first kappa shape index (κ1) is 16.4. The van der Waals surface area contributed by atoms with E-state index in [1.54, 1.807) is 6.92 Å². The number of hydrogen-bond donors (Lipinski definition) is 1. The Morgan fingerprint density at radius 2 is 1.67 bits per heavy atom. The zero-order valence-electron chi connectivity index (χ0n) is 11.6. The molecule has 0 radical (unpaired) electrons. The summed E-state index contributed by atoms with van der Waals surface area (Å²) in [4.78, 5) is 0. The Kier molecular flexibility index (Phi) is 5.36. The molecule has 5 heteroatoms. The van der Waals surface area contributed by atoms with Gasteiger partial charge in [-0.3, -0.25) is 0 Å².